The Balaban J connectivity index is 1.44. The highest BCUT2D eigenvalue weighted by atomic mass is 19.4. The molecule has 208 valence electrons. The molecule has 0 bridgehead atoms. The van der Waals surface area contributed by atoms with Gasteiger partial charge in [-0.15, -0.1) is 0 Å². The fraction of sp³-hybridized carbons (Fsp3) is 0.571. The second-order valence-electron chi connectivity index (χ2n) is 10.5. The molecule has 0 spiro atoms. The molecule has 1 saturated carbocycles. The van der Waals surface area contributed by atoms with E-state index in [4.69, 9.17) is 9.47 Å². The summed E-state index contributed by atoms with van der Waals surface area (Å²) in [5.41, 5.74) is -0.418. The van der Waals surface area contributed by atoms with Crippen LogP contribution in [0.3, 0.4) is 0 Å². The van der Waals surface area contributed by atoms with E-state index in [1.165, 1.54) is 6.20 Å². The van der Waals surface area contributed by atoms with Gasteiger partial charge in [0.05, 0.1) is 11.0 Å². The fourth-order valence-corrected chi connectivity index (χ4v) is 5.83. The molecule has 0 unspecified atom stereocenters. The lowest BCUT2D eigenvalue weighted by Crippen LogP contribution is -2.55. The van der Waals surface area contributed by atoms with Crippen molar-refractivity contribution >= 4 is 11.7 Å². The number of anilines is 1. The number of pyridine rings is 1. The summed E-state index contributed by atoms with van der Waals surface area (Å²) in [6, 6.07) is 11.7. The van der Waals surface area contributed by atoms with Crippen molar-refractivity contribution in [3.05, 3.63) is 59.8 Å². The first-order valence-corrected chi connectivity index (χ1v) is 13.1. The van der Waals surface area contributed by atoms with Crippen molar-refractivity contribution in [1.29, 1.82) is 0 Å². The number of amides is 1. The molecule has 1 saturated heterocycles. The predicted octanol–water partition coefficient (Wildman–Crippen LogP) is 4.64. The molecule has 38 heavy (non-hydrogen) atoms. The zero-order valence-corrected chi connectivity index (χ0v) is 22.4. The molecule has 7 nitrogen and oxygen atoms in total. The molecule has 1 aromatic carbocycles. The largest absolute Gasteiger partial charge is 0.416 e. The molecule has 2 atom stereocenters. The maximum atomic E-state index is 14.0. The minimum absolute atomic E-state index is 0.00273. The van der Waals surface area contributed by atoms with Gasteiger partial charge < -0.3 is 19.3 Å². The first-order chi connectivity index (χ1) is 18.0. The highest BCUT2D eigenvalue weighted by molar-refractivity contribution is 5.84. The van der Waals surface area contributed by atoms with Crippen molar-refractivity contribution < 1.29 is 27.4 Å². The summed E-state index contributed by atoms with van der Waals surface area (Å²) in [5, 5.41) is 3.53. The Hall–Kier alpha value is -2.69. The van der Waals surface area contributed by atoms with Crippen molar-refractivity contribution in [2.24, 2.45) is 11.3 Å². The van der Waals surface area contributed by atoms with E-state index in [1.54, 1.807) is 14.2 Å². The molecular weight excluding hydrogens is 497 g/mol. The van der Waals surface area contributed by atoms with Gasteiger partial charge in [0.25, 0.3) is 5.91 Å². The van der Waals surface area contributed by atoms with Gasteiger partial charge in [0.1, 0.15) is 5.82 Å². The Morgan fingerprint density at radius 2 is 1.71 bits per heavy atom. The first-order valence-electron chi connectivity index (χ1n) is 13.1. The Morgan fingerprint density at radius 3 is 2.29 bits per heavy atom. The van der Waals surface area contributed by atoms with E-state index < -0.39 is 23.1 Å². The molecule has 2 heterocycles. The first kappa shape index (κ1) is 28.3. The van der Waals surface area contributed by atoms with E-state index in [0.717, 1.165) is 30.5 Å². The number of ether oxygens (including phenoxy) is 2. The van der Waals surface area contributed by atoms with Crippen molar-refractivity contribution in [3.63, 3.8) is 0 Å². The lowest BCUT2D eigenvalue weighted by atomic mass is 9.74. The van der Waals surface area contributed by atoms with E-state index in [1.807, 2.05) is 40.1 Å². The number of nitrogens with one attached hydrogen (secondary N) is 1. The van der Waals surface area contributed by atoms with Crippen LogP contribution in [0.25, 0.3) is 0 Å². The number of aromatic nitrogens is 1. The maximum Gasteiger partial charge on any atom is 0.416 e. The lowest BCUT2D eigenvalue weighted by Gasteiger charge is -2.42. The minimum Gasteiger partial charge on any atom is -0.353 e. The number of carbonyl (C=O) groups is 1. The summed E-state index contributed by atoms with van der Waals surface area (Å²) in [5.74, 6) is -0.618. The summed E-state index contributed by atoms with van der Waals surface area (Å²) < 4.78 is 51.1. The van der Waals surface area contributed by atoms with E-state index in [9.17, 15) is 18.0 Å². The maximum absolute atomic E-state index is 14.0. The number of benzene rings is 1. The normalized spacial score (nSPS) is 22.8. The van der Waals surface area contributed by atoms with Gasteiger partial charge in [-0.3, -0.25) is 10.1 Å². The predicted molar refractivity (Wildman–Crippen MR) is 138 cm³/mol. The van der Waals surface area contributed by atoms with Gasteiger partial charge in [0.2, 0.25) is 5.91 Å². The van der Waals surface area contributed by atoms with E-state index in [0.29, 0.717) is 32.6 Å². The Kier molecular flexibility index (Phi) is 8.34. The quantitative estimate of drug-likeness (QED) is 0.498. The molecule has 1 N–H and O–H groups in total. The van der Waals surface area contributed by atoms with Gasteiger partial charge in [-0.05, 0) is 37.3 Å². The fourth-order valence-electron chi connectivity index (χ4n) is 5.83. The van der Waals surface area contributed by atoms with Crippen molar-refractivity contribution in [2.75, 3.05) is 45.3 Å². The van der Waals surface area contributed by atoms with Crippen molar-refractivity contribution in [1.82, 2.24) is 15.2 Å². The standard InChI is InChI=1S/C28H37F3N4O3/c1-20(2)26(12-10-23(19-26)33-28(37-3,38-4)21-8-6-5-7-9-21)25(36)35-16-14-34(15-17-35)24-18-22(11-13-32-24)27(29,30)31/h5-9,11,13,18,20,23,33H,10,12,14-17,19H2,1-4H3/t23-,26+/m1/s1. The van der Waals surface area contributed by atoms with Gasteiger partial charge >= 0.3 is 6.18 Å². The second-order valence-corrected chi connectivity index (χ2v) is 10.5. The van der Waals surface area contributed by atoms with Crippen LogP contribution in [0.2, 0.25) is 0 Å². The molecule has 1 aliphatic carbocycles. The third-order valence-corrected chi connectivity index (χ3v) is 8.17. The molecule has 2 aliphatic rings. The van der Waals surface area contributed by atoms with Gasteiger partial charge in [-0.25, -0.2) is 4.98 Å². The number of methoxy groups -OCH3 is 2. The van der Waals surface area contributed by atoms with E-state index >= 15 is 0 Å². The SMILES string of the molecule is COC(N[C@@H]1CC[C@@](C(=O)N2CCN(c3cc(C(F)(F)F)ccn3)CC2)(C(C)C)C1)(OC)c1ccccc1. The number of carbonyl (C=O) groups excluding carboxylic acids is 1. The summed E-state index contributed by atoms with van der Waals surface area (Å²) in [4.78, 5) is 21.8. The van der Waals surface area contributed by atoms with Gasteiger partial charge in [0, 0.05) is 58.2 Å². The molecule has 0 radical (unpaired) electrons. The molecular formula is C28H37F3N4O3. The van der Waals surface area contributed by atoms with Crippen LogP contribution in [0, 0.1) is 11.3 Å². The monoisotopic (exact) mass is 534 g/mol. The Labute approximate surface area is 222 Å². The van der Waals surface area contributed by atoms with Crippen LogP contribution < -0.4 is 10.2 Å². The van der Waals surface area contributed by atoms with Gasteiger partial charge in [0.15, 0.2) is 0 Å². The zero-order chi connectivity index (χ0) is 27.6. The van der Waals surface area contributed by atoms with Crippen LogP contribution >= 0.6 is 0 Å². The zero-order valence-electron chi connectivity index (χ0n) is 22.4. The smallest absolute Gasteiger partial charge is 0.353 e. The summed E-state index contributed by atoms with van der Waals surface area (Å²) >= 11 is 0. The number of alkyl halides is 3. The molecule has 1 amide bonds. The molecule has 1 aromatic heterocycles. The van der Waals surface area contributed by atoms with Crippen LogP contribution in [-0.2, 0) is 26.4 Å². The number of halogens is 3. The summed E-state index contributed by atoms with van der Waals surface area (Å²) in [6.45, 7) is 5.90. The molecule has 4 rings (SSSR count). The Bertz CT molecular complexity index is 1090. The van der Waals surface area contributed by atoms with Crippen LogP contribution in [0.15, 0.2) is 48.7 Å². The third kappa shape index (κ3) is 5.53. The molecule has 2 aromatic rings. The van der Waals surface area contributed by atoms with Crippen LogP contribution in [0.5, 0.6) is 0 Å². The Morgan fingerprint density at radius 1 is 1.05 bits per heavy atom. The number of hydrogen-bond acceptors (Lipinski definition) is 6. The minimum atomic E-state index is -4.42. The highest BCUT2D eigenvalue weighted by Gasteiger charge is 2.51. The summed E-state index contributed by atoms with van der Waals surface area (Å²) in [6.07, 6.45) is -1.07. The van der Waals surface area contributed by atoms with Crippen LogP contribution in [-0.4, -0.2) is 62.2 Å². The topological polar surface area (TPSA) is 66.9 Å². The van der Waals surface area contributed by atoms with Crippen LogP contribution in [0.4, 0.5) is 19.0 Å². The van der Waals surface area contributed by atoms with Crippen molar-refractivity contribution in [3.8, 4) is 0 Å². The number of hydrogen-bond donors (Lipinski definition) is 1. The van der Waals surface area contributed by atoms with Gasteiger partial charge in [-0.1, -0.05) is 44.2 Å². The lowest BCUT2D eigenvalue weighted by molar-refractivity contribution is -0.243. The van der Waals surface area contributed by atoms with Crippen molar-refractivity contribution in [2.45, 2.75) is 51.2 Å². The number of rotatable bonds is 8. The number of nitrogens with zero attached hydrogens (tertiary/aromatic N) is 3. The van der Waals surface area contributed by atoms with E-state index in [2.05, 4.69) is 24.1 Å². The molecule has 2 fully saturated rings. The average molecular weight is 535 g/mol. The molecule has 1 aliphatic heterocycles. The second kappa shape index (κ2) is 11.2. The number of piperazine rings is 1. The van der Waals surface area contributed by atoms with E-state index in [-0.39, 0.29) is 23.7 Å². The molecule has 10 heteroatoms. The van der Waals surface area contributed by atoms with Gasteiger partial charge in [-0.2, -0.15) is 13.2 Å². The third-order valence-electron chi connectivity index (χ3n) is 8.17. The van der Waals surface area contributed by atoms with Crippen LogP contribution in [0.1, 0.15) is 44.2 Å². The average Bonchev–Trinajstić information content (AvgIpc) is 3.36. The summed E-state index contributed by atoms with van der Waals surface area (Å²) in [7, 11) is 3.19. The highest BCUT2D eigenvalue weighted by Crippen LogP contribution is 2.47.